The van der Waals surface area contributed by atoms with Crippen LogP contribution in [0.2, 0.25) is 0 Å². The minimum absolute atomic E-state index is 0. The molecular formula is CH6N2O3Zr2-2. The van der Waals surface area contributed by atoms with Crippen molar-refractivity contribution >= 4 is 6.16 Å². The molecule has 0 aliphatic carbocycles. The van der Waals surface area contributed by atoms with Crippen LogP contribution in [0.25, 0.3) is 0 Å². The predicted molar refractivity (Wildman–Crippen MR) is 15.4 cm³/mol. The molecule has 0 heterocycles. The average Bonchev–Trinajstić information content (AvgIpc) is 0.811. The third-order valence-corrected chi connectivity index (χ3v) is 0. The number of hydrogen-bond acceptors (Lipinski definition) is 5. The Hall–Kier alpha value is 0.956. The van der Waals surface area contributed by atoms with Gasteiger partial charge in [0, 0.05) is 52.4 Å². The molecule has 0 amide bonds. The Bertz CT molecular complexity index is 38.3. The largest absolute Gasteiger partial charge is 0.652 e. The first kappa shape index (κ1) is 36.2. The summed E-state index contributed by atoms with van der Waals surface area (Å²) in [5.74, 6) is 0. The van der Waals surface area contributed by atoms with E-state index in [1.807, 2.05) is 0 Å². The summed E-state index contributed by atoms with van der Waals surface area (Å²) in [6.07, 6.45) is -2.33. The Balaban J connectivity index is -0.00000000750. The summed E-state index contributed by atoms with van der Waals surface area (Å²) < 4.78 is 0. The van der Waals surface area contributed by atoms with Gasteiger partial charge in [0.15, 0.2) is 0 Å². The molecule has 6 N–H and O–H groups in total. The van der Waals surface area contributed by atoms with Gasteiger partial charge in [-0.05, 0) is 6.16 Å². The van der Waals surface area contributed by atoms with Crippen LogP contribution in [0.4, 0.5) is 4.79 Å². The molecule has 0 fully saturated rings. The van der Waals surface area contributed by atoms with Crippen LogP contribution < -0.4 is 22.5 Å². The molecule has 8 heavy (non-hydrogen) atoms. The van der Waals surface area contributed by atoms with Crippen LogP contribution in [-0.4, -0.2) is 6.16 Å². The Morgan fingerprint density at radius 2 is 1.00 bits per heavy atom. The second-order valence-corrected chi connectivity index (χ2v) is 0.250. The van der Waals surface area contributed by atoms with Crippen molar-refractivity contribution in [1.29, 1.82) is 0 Å². The molecule has 0 spiro atoms. The van der Waals surface area contributed by atoms with E-state index in [0.717, 1.165) is 0 Å². The van der Waals surface area contributed by atoms with Gasteiger partial charge in [0.25, 0.3) is 0 Å². The maximum absolute atomic E-state index is 8.33. The zero-order valence-corrected chi connectivity index (χ0v) is 9.06. The summed E-state index contributed by atoms with van der Waals surface area (Å²) in [5.41, 5.74) is 0. The Morgan fingerprint density at radius 1 is 1.00 bits per heavy atom. The number of rotatable bonds is 0. The molecule has 0 aromatic carbocycles. The summed E-state index contributed by atoms with van der Waals surface area (Å²) in [7, 11) is 0. The molecule has 0 aliphatic rings. The van der Waals surface area contributed by atoms with Gasteiger partial charge in [-0.3, -0.25) is 0 Å². The molecule has 7 heteroatoms. The van der Waals surface area contributed by atoms with Gasteiger partial charge in [-0.15, -0.1) is 0 Å². The van der Waals surface area contributed by atoms with E-state index < -0.39 is 6.16 Å². The van der Waals surface area contributed by atoms with Crippen LogP contribution in [0.15, 0.2) is 0 Å². The van der Waals surface area contributed by atoms with Crippen molar-refractivity contribution in [3.8, 4) is 0 Å². The second-order valence-electron chi connectivity index (χ2n) is 0.250. The maximum Gasteiger partial charge on any atom is 0 e. The molecular weight excluding hydrogens is 270 g/mol. The van der Waals surface area contributed by atoms with Gasteiger partial charge in [-0.1, -0.05) is 0 Å². The normalized spacial score (nSPS) is 3.00. The van der Waals surface area contributed by atoms with Crippen LogP contribution in [0.5, 0.6) is 0 Å². The Morgan fingerprint density at radius 3 is 1.00 bits per heavy atom. The van der Waals surface area contributed by atoms with Crippen LogP contribution in [0.1, 0.15) is 0 Å². The summed E-state index contributed by atoms with van der Waals surface area (Å²) in [6, 6.07) is 0. The first-order chi connectivity index (χ1) is 1.73. The number of carbonyl (C=O) groups is 1. The summed E-state index contributed by atoms with van der Waals surface area (Å²) >= 11 is 0. The van der Waals surface area contributed by atoms with Crippen LogP contribution in [0, 0.1) is 0 Å². The monoisotopic (exact) mass is 274 g/mol. The van der Waals surface area contributed by atoms with E-state index in [9.17, 15) is 0 Å². The average molecular weight is 277 g/mol. The maximum atomic E-state index is 8.33. The van der Waals surface area contributed by atoms with E-state index in [2.05, 4.69) is 0 Å². The van der Waals surface area contributed by atoms with Crippen molar-refractivity contribution < 1.29 is 67.4 Å². The minimum Gasteiger partial charge on any atom is -0.652 e. The smallest absolute Gasteiger partial charge is 0 e. The van der Waals surface area contributed by atoms with E-state index in [0.29, 0.717) is 0 Å². The van der Waals surface area contributed by atoms with Gasteiger partial charge in [-0.2, -0.15) is 0 Å². The van der Waals surface area contributed by atoms with Crippen LogP contribution >= 0.6 is 0 Å². The van der Waals surface area contributed by atoms with Crippen molar-refractivity contribution in [2.75, 3.05) is 0 Å². The fraction of sp³-hybridized carbons (Fsp3) is 0. The van der Waals surface area contributed by atoms with Gasteiger partial charge >= 0.3 is 0 Å². The molecule has 48 valence electrons. The zero-order valence-electron chi connectivity index (χ0n) is 4.14. The zero-order chi connectivity index (χ0) is 3.58. The van der Waals surface area contributed by atoms with E-state index >= 15 is 0 Å². The topological polar surface area (TPSA) is 133 Å². The van der Waals surface area contributed by atoms with Crippen molar-refractivity contribution in [2.24, 2.45) is 0 Å². The molecule has 0 saturated heterocycles. The molecule has 5 nitrogen and oxygen atoms in total. The quantitative estimate of drug-likeness (QED) is 0.521. The Labute approximate surface area is 85.3 Å². The molecule has 0 aromatic rings. The fourth-order valence-corrected chi connectivity index (χ4v) is 0. The van der Waals surface area contributed by atoms with Gasteiger partial charge in [0.2, 0.25) is 0 Å². The molecule has 0 atom stereocenters. The fourth-order valence-electron chi connectivity index (χ4n) is 0. The third-order valence-electron chi connectivity index (χ3n) is 0. The molecule has 0 radical (unpaired) electrons. The number of carboxylic acid groups (broad SMARTS) is 2. The van der Waals surface area contributed by atoms with Crippen molar-refractivity contribution in [3.05, 3.63) is 0 Å². The van der Waals surface area contributed by atoms with Gasteiger partial charge < -0.3 is 27.3 Å². The van der Waals surface area contributed by atoms with E-state index in [1.54, 1.807) is 0 Å². The summed E-state index contributed by atoms with van der Waals surface area (Å²) in [4.78, 5) is 8.33. The van der Waals surface area contributed by atoms with E-state index in [-0.39, 0.29) is 64.7 Å². The van der Waals surface area contributed by atoms with Crippen molar-refractivity contribution in [3.63, 3.8) is 0 Å². The van der Waals surface area contributed by atoms with Crippen LogP contribution in [-0.2, 0) is 52.4 Å². The van der Waals surface area contributed by atoms with E-state index in [1.165, 1.54) is 0 Å². The predicted octanol–water partition coefficient (Wildman–Crippen LogP) is -2.13. The van der Waals surface area contributed by atoms with Crippen LogP contribution in [0.3, 0.4) is 0 Å². The molecule has 0 unspecified atom stereocenters. The summed E-state index contributed by atoms with van der Waals surface area (Å²) in [5, 5.41) is 16.7. The molecule has 0 bridgehead atoms. The standard InChI is InChI=1S/CH2O3.2H3N.2Zr/c2-1(3)4;;;;/h(H2,2,3,4);2*1H3;;/p-2. The Kier molecular flexibility index (Phi) is 111. The number of carbonyl (C=O) groups excluding carboxylic acids is 1. The van der Waals surface area contributed by atoms with Crippen molar-refractivity contribution in [2.45, 2.75) is 0 Å². The first-order valence-corrected chi connectivity index (χ1v) is 0.612. The molecule has 0 rings (SSSR count). The number of hydrogen-bond donors (Lipinski definition) is 2. The second kappa shape index (κ2) is 24.6. The molecule has 0 saturated carbocycles. The van der Waals surface area contributed by atoms with Crippen molar-refractivity contribution in [1.82, 2.24) is 12.3 Å². The molecule has 0 aromatic heterocycles. The SMILES string of the molecule is N.N.O=C([O-])[O-].[Zr].[Zr]. The van der Waals surface area contributed by atoms with Gasteiger partial charge in [-0.25, -0.2) is 0 Å². The van der Waals surface area contributed by atoms with Gasteiger partial charge in [0.1, 0.15) is 0 Å². The van der Waals surface area contributed by atoms with Gasteiger partial charge in [0.05, 0.1) is 0 Å². The summed E-state index contributed by atoms with van der Waals surface area (Å²) in [6.45, 7) is 0. The molecule has 0 aliphatic heterocycles. The minimum atomic E-state index is -2.33. The first-order valence-electron chi connectivity index (χ1n) is 0.612. The van der Waals surface area contributed by atoms with E-state index in [4.69, 9.17) is 15.0 Å². The third kappa shape index (κ3) is 270.